The molecular formula is C24H28F3N5O3S. The van der Waals surface area contributed by atoms with Crippen molar-refractivity contribution in [1.29, 1.82) is 0 Å². The van der Waals surface area contributed by atoms with Crippen LogP contribution >= 0.6 is 0 Å². The Morgan fingerprint density at radius 3 is 2.36 bits per heavy atom. The van der Waals surface area contributed by atoms with Gasteiger partial charge in [-0.05, 0) is 55.9 Å². The zero-order valence-corrected chi connectivity index (χ0v) is 20.7. The quantitative estimate of drug-likeness (QED) is 0.447. The molecule has 0 atom stereocenters. The summed E-state index contributed by atoms with van der Waals surface area (Å²) >= 11 is 0. The molecular weight excluding hydrogens is 495 g/mol. The first kappa shape index (κ1) is 26.0. The molecule has 2 N–H and O–H groups in total. The molecule has 0 radical (unpaired) electrons. The monoisotopic (exact) mass is 523 g/mol. The molecule has 1 aliphatic carbocycles. The minimum atomic E-state index is -4.99. The number of nitrogens with zero attached hydrogens (tertiary/aromatic N) is 3. The third-order valence-corrected chi connectivity index (χ3v) is 7.58. The highest BCUT2D eigenvalue weighted by Gasteiger charge is 2.34. The second kappa shape index (κ2) is 10.5. The number of aromatic nitrogens is 2. The number of anilines is 2. The molecule has 0 saturated heterocycles. The van der Waals surface area contributed by atoms with Crippen molar-refractivity contribution in [2.24, 2.45) is 5.92 Å². The smallest absolute Gasteiger partial charge is 0.404 e. The molecule has 8 nitrogen and oxygen atoms in total. The first-order valence-corrected chi connectivity index (χ1v) is 13.1. The summed E-state index contributed by atoms with van der Waals surface area (Å²) < 4.78 is 69.7. The van der Waals surface area contributed by atoms with E-state index in [0.717, 1.165) is 54.5 Å². The van der Waals surface area contributed by atoms with Gasteiger partial charge >= 0.3 is 6.36 Å². The fourth-order valence-electron chi connectivity index (χ4n) is 4.35. The van der Waals surface area contributed by atoms with Gasteiger partial charge in [-0.3, -0.25) is 0 Å². The van der Waals surface area contributed by atoms with Crippen molar-refractivity contribution in [1.82, 2.24) is 14.7 Å². The first-order chi connectivity index (χ1) is 17.0. The molecule has 1 aromatic heterocycles. The van der Waals surface area contributed by atoms with E-state index in [2.05, 4.69) is 24.7 Å². The molecule has 4 rings (SSSR count). The van der Waals surface area contributed by atoms with Gasteiger partial charge in [0.25, 0.3) is 0 Å². The Kier molecular flexibility index (Phi) is 7.55. The van der Waals surface area contributed by atoms with Crippen LogP contribution in [0.15, 0.2) is 53.4 Å². The van der Waals surface area contributed by atoms with Gasteiger partial charge in [-0.15, -0.1) is 13.2 Å². The molecule has 12 heteroatoms. The van der Waals surface area contributed by atoms with Crippen LogP contribution in [-0.2, 0) is 10.0 Å². The van der Waals surface area contributed by atoms with Crippen LogP contribution in [0, 0.1) is 5.92 Å². The zero-order valence-electron chi connectivity index (χ0n) is 19.9. The van der Waals surface area contributed by atoms with Gasteiger partial charge in [0.15, 0.2) is 0 Å². The third-order valence-electron chi connectivity index (χ3n) is 6.11. The number of fused-ring (bicyclic) bond motifs is 1. The maximum atomic E-state index is 12.7. The predicted molar refractivity (Wildman–Crippen MR) is 132 cm³/mol. The average molecular weight is 524 g/mol. The fraction of sp³-hybridized carbons (Fsp3) is 0.417. The Morgan fingerprint density at radius 1 is 1.00 bits per heavy atom. The summed E-state index contributed by atoms with van der Waals surface area (Å²) in [4.78, 5) is 10.7. The first-order valence-electron chi connectivity index (χ1n) is 11.6. The van der Waals surface area contributed by atoms with Crippen molar-refractivity contribution in [3.8, 4) is 5.75 Å². The summed E-state index contributed by atoms with van der Waals surface area (Å²) in [7, 11) is -0.316. The summed E-state index contributed by atoms with van der Waals surface area (Å²) in [5.74, 6) is 0.671. The van der Waals surface area contributed by atoms with Crippen molar-refractivity contribution < 1.29 is 26.3 Å². The van der Waals surface area contributed by atoms with E-state index in [4.69, 9.17) is 0 Å². The van der Waals surface area contributed by atoms with Gasteiger partial charge in [-0.25, -0.2) is 18.1 Å². The molecule has 3 aromatic rings. The second-order valence-electron chi connectivity index (χ2n) is 8.99. The van der Waals surface area contributed by atoms with Gasteiger partial charge in [-0.2, -0.15) is 4.98 Å². The highest BCUT2D eigenvalue weighted by atomic mass is 32.2. The van der Waals surface area contributed by atoms with Gasteiger partial charge in [0.2, 0.25) is 16.0 Å². The zero-order chi connectivity index (χ0) is 25.9. The number of ether oxygens (including phenoxy) is 1. The van der Waals surface area contributed by atoms with Gasteiger partial charge < -0.3 is 15.0 Å². The number of nitrogens with one attached hydrogen (secondary N) is 2. The molecule has 0 spiro atoms. The lowest BCUT2D eigenvalue weighted by molar-refractivity contribution is -0.275. The Labute approximate surface area is 207 Å². The predicted octanol–water partition coefficient (Wildman–Crippen LogP) is 4.54. The molecule has 1 aliphatic rings. The number of halogens is 3. The third kappa shape index (κ3) is 6.35. The number of sulfonamides is 1. The van der Waals surface area contributed by atoms with E-state index in [1.165, 1.54) is 12.1 Å². The van der Waals surface area contributed by atoms with E-state index in [1.807, 2.05) is 43.3 Å². The van der Waals surface area contributed by atoms with Crippen LogP contribution in [0.25, 0.3) is 10.9 Å². The molecule has 0 bridgehead atoms. The molecule has 0 aliphatic heterocycles. The largest absolute Gasteiger partial charge is 0.573 e. The van der Waals surface area contributed by atoms with Crippen LogP contribution in [0.1, 0.15) is 25.7 Å². The topological polar surface area (TPSA) is 96.5 Å². The van der Waals surface area contributed by atoms with Gasteiger partial charge in [0.1, 0.15) is 16.5 Å². The highest BCUT2D eigenvalue weighted by Crippen LogP contribution is 2.31. The molecule has 1 fully saturated rings. The highest BCUT2D eigenvalue weighted by molar-refractivity contribution is 7.89. The van der Waals surface area contributed by atoms with Crippen molar-refractivity contribution in [3.63, 3.8) is 0 Å². The molecule has 194 valence electrons. The summed E-state index contributed by atoms with van der Waals surface area (Å²) in [6, 6.07) is 12.6. The molecule has 0 amide bonds. The van der Waals surface area contributed by atoms with Crippen LogP contribution in [0.5, 0.6) is 5.75 Å². The minimum absolute atomic E-state index is 0.0587. The van der Waals surface area contributed by atoms with Gasteiger partial charge in [0, 0.05) is 32.1 Å². The summed E-state index contributed by atoms with van der Waals surface area (Å²) in [5.41, 5.74) is 0.844. The fourth-order valence-corrected chi connectivity index (χ4v) is 5.59. The molecule has 1 heterocycles. The van der Waals surface area contributed by atoms with Crippen LogP contribution in [0.2, 0.25) is 0 Å². The number of para-hydroxylation sites is 2. The SMILES string of the molecule is CN(C)c1nc(NC2CCC(CNS(=O)(=O)c3ccccc3OC(F)(F)F)CC2)nc2ccccc12. The minimum Gasteiger partial charge on any atom is -0.404 e. The lowest BCUT2D eigenvalue weighted by Gasteiger charge is -2.29. The van der Waals surface area contributed by atoms with E-state index in [-0.39, 0.29) is 18.5 Å². The van der Waals surface area contributed by atoms with E-state index in [1.54, 1.807) is 0 Å². The Bertz CT molecular complexity index is 1310. The van der Waals surface area contributed by atoms with Crippen LogP contribution in [0.3, 0.4) is 0 Å². The van der Waals surface area contributed by atoms with E-state index in [0.29, 0.717) is 5.95 Å². The van der Waals surface area contributed by atoms with Crippen molar-refractivity contribution in [2.45, 2.75) is 43.0 Å². The maximum Gasteiger partial charge on any atom is 0.573 e. The molecule has 36 heavy (non-hydrogen) atoms. The van der Waals surface area contributed by atoms with E-state index in [9.17, 15) is 21.6 Å². The number of hydrogen-bond donors (Lipinski definition) is 2. The van der Waals surface area contributed by atoms with Gasteiger partial charge in [0.05, 0.1) is 5.52 Å². The average Bonchev–Trinajstić information content (AvgIpc) is 2.82. The lowest BCUT2D eigenvalue weighted by Crippen LogP contribution is -2.34. The van der Waals surface area contributed by atoms with Crippen LogP contribution < -0.4 is 19.7 Å². The van der Waals surface area contributed by atoms with Crippen molar-refractivity contribution >= 4 is 32.7 Å². The number of benzene rings is 2. The van der Waals surface area contributed by atoms with Gasteiger partial charge in [-0.1, -0.05) is 24.3 Å². The summed E-state index contributed by atoms with van der Waals surface area (Å²) in [6.07, 6.45) is -1.93. The standard InChI is InChI=1S/C24H28F3N5O3S/c1-32(2)22-18-7-3-4-8-19(18)30-23(31-22)29-17-13-11-16(12-14-17)15-28-36(33,34)21-10-6-5-9-20(21)35-24(25,26)27/h3-10,16-17,28H,11-15H2,1-2H3,(H,29,30,31). The normalized spacial score (nSPS) is 18.7. The Balaban J connectivity index is 1.35. The number of rotatable bonds is 8. The number of hydrogen-bond acceptors (Lipinski definition) is 7. The summed E-state index contributed by atoms with van der Waals surface area (Å²) in [6.45, 7) is 0.132. The molecule has 2 aromatic carbocycles. The Morgan fingerprint density at radius 2 is 1.67 bits per heavy atom. The van der Waals surface area contributed by atoms with Crippen LogP contribution in [-0.4, -0.2) is 51.4 Å². The van der Waals surface area contributed by atoms with E-state index < -0.39 is 27.0 Å². The Hall–Kier alpha value is -3.12. The summed E-state index contributed by atoms with van der Waals surface area (Å²) in [5, 5.41) is 4.37. The molecule has 0 unspecified atom stereocenters. The van der Waals surface area contributed by atoms with Crippen molar-refractivity contribution in [3.05, 3.63) is 48.5 Å². The molecule has 1 saturated carbocycles. The number of alkyl halides is 3. The van der Waals surface area contributed by atoms with Crippen LogP contribution in [0.4, 0.5) is 24.9 Å². The lowest BCUT2D eigenvalue weighted by atomic mass is 9.86. The van der Waals surface area contributed by atoms with Crippen molar-refractivity contribution in [2.75, 3.05) is 30.9 Å². The maximum absolute atomic E-state index is 12.7. The second-order valence-corrected chi connectivity index (χ2v) is 10.7. The van der Waals surface area contributed by atoms with E-state index >= 15 is 0 Å².